The number of amides is 1. The molecule has 0 radical (unpaired) electrons. The van der Waals surface area contributed by atoms with Gasteiger partial charge in [0.1, 0.15) is 0 Å². The van der Waals surface area contributed by atoms with Crippen LogP contribution in [0.1, 0.15) is 25.7 Å². The lowest BCUT2D eigenvalue weighted by molar-refractivity contribution is -0.125. The van der Waals surface area contributed by atoms with Crippen molar-refractivity contribution in [1.29, 1.82) is 0 Å². The first-order chi connectivity index (χ1) is 7.26. The summed E-state index contributed by atoms with van der Waals surface area (Å²) in [6.07, 6.45) is 6.84. The zero-order valence-corrected chi connectivity index (χ0v) is 10.2. The molecule has 1 saturated carbocycles. The Bertz CT molecular complexity index is 235. The summed E-state index contributed by atoms with van der Waals surface area (Å²) in [5, 5.41) is 6.38. The molecule has 0 aromatic rings. The van der Waals surface area contributed by atoms with Crippen LogP contribution in [0.5, 0.6) is 0 Å². The summed E-state index contributed by atoms with van der Waals surface area (Å²) < 4.78 is 0.387. The van der Waals surface area contributed by atoms with Crippen LogP contribution in [0.2, 0.25) is 0 Å². The van der Waals surface area contributed by atoms with Crippen molar-refractivity contribution < 1.29 is 4.79 Å². The molecule has 2 N–H and O–H groups in total. The maximum Gasteiger partial charge on any atom is 0.224 e. The molecule has 1 unspecified atom stereocenters. The SMILES string of the molecule is CSC1(CNC(=O)C2CCCNC2)CC1. The molecule has 1 heterocycles. The molecule has 1 aliphatic carbocycles. The van der Waals surface area contributed by atoms with Crippen molar-refractivity contribution in [1.82, 2.24) is 10.6 Å². The molecule has 1 amide bonds. The molecule has 15 heavy (non-hydrogen) atoms. The highest BCUT2D eigenvalue weighted by atomic mass is 32.2. The maximum absolute atomic E-state index is 11.8. The molecule has 2 fully saturated rings. The van der Waals surface area contributed by atoms with E-state index in [1.165, 1.54) is 12.8 Å². The molecule has 3 nitrogen and oxygen atoms in total. The van der Waals surface area contributed by atoms with Gasteiger partial charge in [-0.3, -0.25) is 4.79 Å². The van der Waals surface area contributed by atoms with Crippen molar-refractivity contribution in [2.75, 3.05) is 25.9 Å². The van der Waals surface area contributed by atoms with Gasteiger partial charge >= 0.3 is 0 Å². The van der Waals surface area contributed by atoms with Crippen LogP contribution in [-0.2, 0) is 4.79 Å². The molecular formula is C11H20N2OS. The Balaban J connectivity index is 1.72. The number of nitrogens with one attached hydrogen (secondary N) is 2. The predicted octanol–water partition coefficient (Wildman–Crippen LogP) is 0.998. The summed E-state index contributed by atoms with van der Waals surface area (Å²) in [6, 6.07) is 0. The lowest BCUT2D eigenvalue weighted by atomic mass is 9.99. The first-order valence-electron chi connectivity index (χ1n) is 5.79. The number of carbonyl (C=O) groups is 1. The maximum atomic E-state index is 11.8. The fourth-order valence-corrected chi connectivity index (χ4v) is 2.79. The second kappa shape index (κ2) is 4.74. The second-order valence-corrected chi connectivity index (χ2v) is 5.92. The van der Waals surface area contributed by atoms with Crippen LogP contribution in [0.3, 0.4) is 0 Å². The van der Waals surface area contributed by atoms with E-state index in [2.05, 4.69) is 16.9 Å². The average molecular weight is 228 g/mol. The molecule has 0 bridgehead atoms. The largest absolute Gasteiger partial charge is 0.354 e. The zero-order valence-electron chi connectivity index (χ0n) is 9.34. The van der Waals surface area contributed by atoms with Gasteiger partial charge in [0.2, 0.25) is 5.91 Å². The average Bonchev–Trinajstić information content (AvgIpc) is 3.08. The molecule has 2 rings (SSSR count). The lowest BCUT2D eigenvalue weighted by Crippen LogP contribution is -2.42. The highest BCUT2D eigenvalue weighted by Gasteiger charge is 2.42. The second-order valence-electron chi connectivity index (χ2n) is 4.65. The third-order valence-corrected chi connectivity index (χ3v) is 4.91. The monoisotopic (exact) mass is 228 g/mol. The molecule has 1 saturated heterocycles. The summed E-state index contributed by atoms with van der Waals surface area (Å²) in [5.74, 6) is 0.457. The fraction of sp³-hybridized carbons (Fsp3) is 0.909. The Labute approximate surface area is 95.8 Å². The van der Waals surface area contributed by atoms with Crippen molar-refractivity contribution in [3.05, 3.63) is 0 Å². The minimum Gasteiger partial charge on any atom is -0.354 e. The standard InChI is InChI=1S/C11H20N2OS/c1-15-11(4-5-11)8-13-10(14)9-3-2-6-12-7-9/h9,12H,2-8H2,1H3,(H,13,14). The van der Waals surface area contributed by atoms with Gasteiger partial charge in [0.15, 0.2) is 0 Å². The van der Waals surface area contributed by atoms with Crippen molar-refractivity contribution in [2.24, 2.45) is 5.92 Å². The van der Waals surface area contributed by atoms with Gasteiger partial charge in [0.05, 0.1) is 5.92 Å². The van der Waals surface area contributed by atoms with Crippen LogP contribution >= 0.6 is 11.8 Å². The third-order valence-electron chi connectivity index (χ3n) is 3.49. The van der Waals surface area contributed by atoms with E-state index < -0.39 is 0 Å². The van der Waals surface area contributed by atoms with Crippen LogP contribution in [0.4, 0.5) is 0 Å². The number of carbonyl (C=O) groups excluding carboxylic acids is 1. The zero-order chi connectivity index (χ0) is 10.7. The summed E-state index contributed by atoms with van der Waals surface area (Å²) in [7, 11) is 0. The Morgan fingerprint density at radius 3 is 2.93 bits per heavy atom. The van der Waals surface area contributed by atoms with Crippen molar-refractivity contribution in [3.8, 4) is 0 Å². The van der Waals surface area contributed by atoms with Gasteiger partial charge in [-0.05, 0) is 38.5 Å². The molecule has 0 spiro atoms. The van der Waals surface area contributed by atoms with Crippen LogP contribution in [0.15, 0.2) is 0 Å². The van der Waals surface area contributed by atoms with Gasteiger partial charge in [-0.15, -0.1) is 0 Å². The lowest BCUT2D eigenvalue weighted by Gasteiger charge is -2.23. The third kappa shape index (κ3) is 2.88. The smallest absolute Gasteiger partial charge is 0.224 e. The van der Waals surface area contributed by atoms with Crippen molar-refractivity contribution in [3.63, 3.8) is 0 Å². The minimum atomic E-state index is 0.205. The van der Waals surface area contributed by atoms with Crippen molar-refractivity contribution >= 4 is 17.7 Å². The minimum absolute atomic E-state index is 0.205. The molecule has 0 aromatic carbocycles. The predicted molar refractivity (Wildman–Crippen MR) is 64.1 cm³/mol. The van der Waals surface area contributed by atoms with Gasteiger partial charge in [0.25, 0.3) is 0 Å². The van der Waals surface area contributed by atoms with Gasteiger partial charge in [0, 0.05) is 17.8 Å². The number of rotatable bonds is 4. The Morgan fingerprint density at radius 1 is 1.60 bits per heavy atom. The van der Waals surface area contributed by atoms with Crippen LogP contribution in [0, 0.1) is 5.92 Å². The summed E-state index contributed by atoms with van der Waals surface area (Å²) in [5.41, 5.74) is 0. The number of hydrogen-bond donors (Lipinski definition) is 2. The van der Waals surface area contributed by atoms with E-state index in [4.69, 9.17) is 0 Å². The molecule has 0 aromatic heterocycles. The van der Waals surface area contributed by atoms with Crippen LogP contribution < -0.4 is 10.6 Å². The highest BCUT2D eigenvalue weighted by Crippen LogP contribution is 2.46. The Kier molecular flexibility index (Phi) is 3.57. The van der Waals surface area contributed by atoms with Crippen molar-refractivity contribution in [2.45, 2.75) is 30.4 Å². The number of hydrogen-bond acceptors (Lipinski definition) is 3. The molecular weight excluding hydrogens is 208 g/mol. The van der Waals surface area contributed by atoms with E-state index in [0.717, 1.165) is 32.5 Å². The molecule has 4 heteroatoms. The van der Waals surface area contributed by atoms with E-state index in [1.54, 1.807) is 0 Å². The Morgan fingerprint density at radius 2 is 2.40 bits per heavy atom. The quantitative estimate of drug-likeness (QED) is 0.754. The molecule has 86 valence electrons. The molecule has 1 aliphatic heterocycles. The van der Waals surface area contributed by atoms with Gasteiger partial charge in [-0.25, -0.2) is 0 Å². The van der Waals surface area contributed by atoms with E-state index in [0.29, 0.717) is 4.75 Å². The fourth-order valence-electron chi connectivity index (χ4n) is 2.06. The summed E-state index contributed by atoms with van der Waals surface area (Å²) in [6.45, 7) is 2.79. The molecule has 1 atom stereocenters. The van der Waals surface area contributed by atoms with Crippen LogP contribution in [0.25, 0.3) is 0 Å². The first-order valence-corrected chi connectivity index (χ1v) is 7.02. The molecule has 2 aliphatic rings. The Hall–Kier alpha value is -0.220. The van der Waals surface area contributed by atoms with E-state index >= 15 is 0 Å². The number of piperidine rings is 1. The van der Waals surface area contributed by atoms with Gasteiger partial charge in [-0.1, -0.05) is 0 Å². The topological polar surface area (TPSA) is 41.1 Å². The summed E-state index contributed by atoms with van der Waals surface area (Å²) in [4.78, 5) is 11.8. The van der Waals surface area contributed by atoms with Gasteiger partial charge < -0.3 is 10.6 Å². The summed E-state index contributed by atoms with van der Waals surface area (Å²) >= 11 is 1.90. The van der Waals surface area contributed by atoms with Crippen LogP contribution in [-0.4, -0.2) is 36.5 Å². The highest BCUT2D eigenvalue weighted by molar-refractivity contribution is 8.00. The first kappa shape index (κ1) is 11.3. The normalized spacial score (nSPS) is 28.5. The van der Waals surface area contributed by atoms with E-state index in [1.807, 2.05) is 11.8 Å². The van der Waals surface area contributed by atoms with E-state index in [-0.39, 0.29) is 11.8 Å². The van der Waals surface area contributed by atoms with Gasteiger partial charge in [-0.2, -0.15) is 11.8 Å². The number of thioether (sulfide) groups is 1. The van der Waals surface area contributed by atoms with E-state index in [9.17, 15) is 4.79 Å².